The number of H-pyrrole nitrogens is 1. The van der Waals surface area contributed by atoms with E-state index in [4.69, 9.17) is 23.2 Å². The quantitative estimate of drug-likeness (QED) is 0.0977. The van der Waals surface area contributed by atoms with Crippen LogP contribution in [0.2, 0.25) is 10.0 Å². The van der Waals surface area contributed by atoms with E-state index < -0.39 is 74.1 Å². The number of alkyl halides is 3. The number of phenolic OH excluding ortho intramolecular Hbond substituents is 1. The van der Waals surface area contributed by atoms with Gasteiger partial charge in [-0.2, -0.15) is 18.3 Å². The number of hydrogen-bond acceptors (Lipinski definition) is 7. The molecule has 4 heterocycles. The minimum Gasteiger partial charge on any atom is -0.507 e. The molecule has 278 valence electrons. The summed E-state index contributed by atoms with van der Waals surface area (Å²) < 4.78 is 57.0. The number of pyridine rings is 1. The third kappa shape index (κ3) is 5.84. The first-order valence-electron chi connectivity index (χ1n) is 16.6. The van der Waals surface area contributed by atoms with Crippen LogP contribution < -0.4 is 15.5 Å². The van der Waals surface area contributed by atoms with Crippen molar-refractivity contribution in [3.8, 4) is 17.0 Å². The van der Waals surface area contributed by atoms with Crippen LogP contribution >= 0.6 is 23.2 Å². The number of aromatic amines is 1. The van der Waals surface area contributed by atoms with Crippen LogP contribution in [0.5, 0.6) is 5.75 Å². The van der Waals surface area contributed by atoms with Gasteiger partial charge in [-0.05, 0) is 80.6 Å². The Morgan fingerprint density at radius 1 is 0.981 bits per heavy atom. The number of nitrogens with zero attached hydrogens (tertiary/aromatic N) is 5. The van der Waals surface area contributed by atoms with Crippen molar-refractivity contribution in [1.82, 2.24) is 35.4 Å². The largest absolute Gasteiger partial charge is 0.507 e. The summed E-state index contributed by atoms with van der Waals surface area (Å²) in [6.07, 6.45) is 1.08. The second-order valence-corrected chi connectivity index (χ2v) is 14.7. The number of halogens is 6. The minimum absolute atomic E-state index is 0.00187. The molecule has 0 saturated heterocycles. The van der Waals surface area contributed by atoms with Gasteiger partial charge in [0.05, 0.1) is 44.4 Å². The molecule has 2 aromatic carbocycles. The van der Waals surface area contributed by atoms with Gasteiger partial charge >= 0.3 is 6.18 Å². The molecule has 12 nitrogen and oxygen atoms in total. The van der Waals surface area contributed by atoms with Crippen LogP contribution in [-0.4, -0.2) is 53.1 Å². The standard InChI is InChI=1S/C36H28Cl2F4N8O4/c1-33(15-18-2-4-26(51)21(12-18)36(40,41)42)31(54)49(20-13-22(37)28(39)23(38)14-20)32-44-17-25(50(32)33)29(52)46-35(9-10-35)30(53)47-34(7-8-34)27-5-3-19(16-43-27)24-6-11-45-48-24/h2-6,11-14,16-17,51H,7-10,15H2,1H3,(H,45,48)(H,46,52)(H,47,53)/t33-/m1/s1. The second kappa shape index (κ2) is 12.3. The fraction of sp³-hybridized carbons (Fsp3) is 0.278. The molecule has 3 aromatic heterocycles. The van der Waals surface area contributed by atoms with Crippen molar-refractivity contribution in [3.05, 3.63) is 105 Å². The van der Waals surface area contributed by atoms with Crippen LogP contribution in [0, 0.1) is 5.82 Å². The number of carbonyl (C=O) groups excluding carboxylic acids is 3. The molecule has 1 atom stereocenters. The van der Waals surface area contributed by atoms with Gasteiger partial charge in [0.25, 0.3) is 11.8 Å². The van der Waals surface area contributed by atoms with Gasteiger partial charge in [0.2, 0.25) is 11.9 Å². The van der Waals surface area contributed by atoms with E-state index in [1.807, 2.05) is 18.2 Å². The maximum Gasteiger partial charge on any atom is 0.419 e. The molecule has 54 heavy (non-hydrogen) atoms. The molecule has 5 aromatic rings. The molecule has 2 aliphatic carbocycles. The fourth-order valence-corrected chi connectivity index (χ4v) is 7.40. The first kappa shape index (κ1) is 35.5. The lowest BCUT2D eigenvalue weighted by Gasteiger charge is -2.28. The Morgan fingerprint density at radius 2 is 1.70 bits per heavy atom. The Kier molecular flexibility index (Phi) is 8.08. The predicted molar refractivity (Wildman–Crippen MR) is 187 cm³/mol. The Labute approximate surface area is 313 Å². The normalized spacial score (nSPS) is 19.4. The number of carbonyl (C=O) groups is 3. The van der Waals surface area contributed by atoms with Crippen molar-refractivity contribution in [2.45, 2.75) is 61.8 Å². The van der Waals surface area contributed by atoms with Crippen LogP contribution in [0.1, 0.15) is 59.9 Å². The molecule has 4 N–H and O–H groups in total. The van der Waals surface area contributed by atoms with Gasteiger partial charge in [0, 0.05) is 24.4 Å². The molecule has 1 aliphatic heterocycles. The van der Waals surface area contributed by atoms with Crippen molar-refractivity contribution in [1.29, 1.82) is 0 Å². The van der Waals surface area contributed by atoms with Crippen LogP contribution in [0.15, 0.2) is 67.1 Å². The van der Waals surface area contributed by atoms with Crippen molar-refractivity contribution in [3.63, 3.8) is 0 Å². The molecule has 0 bridgehead atoms. The fourth-order valence-electron chi connectivity index (χ4n) is 6.93. The van der Waals surface area contributed by atoms with Gasteiger partial charge in [0.15, 0.2) is 5.82 Å². The van der Waals surface area contributed by atoms with Gasteiger partial charge in [-0.3, -0.25) is 29.0 Å². The summed E-state index contributed by atoms with van der Waals surface area (Å²) in [5.74, 6) is -4.01. The van der Waals surface area contributed by atoms with E-state index in [2.05, 4.69) is 30.8 Å². The number of benzene rings is 2. The molecule has 3 aliphatic rings. The lowest BCUT2D eigenvalue weighted by molar-refractivity contribution is -0.138. The first-order valence-corrected chi connectivity index (χ1v) is 17.4. The van der Waals surface area contributed by atoms with Gasteiger partial charge in [-0.1, -0.05) is 29.3 Å². The number of nitrogens with one attached hydrogen (secondary N) is 3. The maximum atomic E-state index is 14.4. The molecule has 8 rings (SSSR count). The summed E-state index contributed by atoms with van der Waals surface area (Å²) in [4.78, 5) is 52.3. The summed E-state index contributed by atoms with van der Waals surface area (Å²) >= 11 is 12.1. The monoisotopic (exact) mass is 782 g/mol. The van der Waals surface area contributed by atoms with Crippen LogP contribution in [0.4, 0.5) is 29.2 Å². The highest BCUT2D eigenvalue weighted by molar-refractivity contribution is 6.35. The number of anilines is 2. The molecule has 2 fully saturated rings. The topological polar surface area (TPSA) is 158 Å². The zero-order valence-electron chi connectivity index (χ0n) is 28.1. The summed E-state index contributed by atoms with van der Waals surface area (Å²) in [5, 5.41) is 21.8. The molecule has 2 saturated carbocycles. The summed E-state index contributed by atoms with van der Waals surface area (Å²) in [5.41, 5.74) is -3.05. The molecule has 0 spiro atoms. The number of hydrogen-bond donors (Lipinski definition) is 4. The van der Waals surface area contributed by atoms with Gasteiger partial charge in [-0.25, -0.2) is 14.3 Å². The van der Waals surface area contributed by atoms with Gasteiger partial charge in [-0.15, -0.1) is 0 Å². The van der Waals surface area contributed by atoms with Crippen molar-refractivity contribution >= 4 is 52.6 Å². The van der Waals surface area contributed by atoms with E-state index in [1.54, 1.807) is 12.4 Å². The Hall–Kier alpha value is -5.48. The Morgan fingerprint density at radius 3 is 2.30 bits per heavy atom. The lowest BCUT2D eigenvalue weighted by atomic mass is 9.90. The van der Waals surface area contributed by atoms with E-state index in [0.717, 1.165) is 40.4 Å². The molecule has 0 unspecified atom stereocenters. The third-order valence-corrected chi connectivity index (χ3v) is 10.7. The number of rotatable bonds is 9. The SMILES string of the molecule is C[C@@]1(Cc2ccc(O)c(C(F)(F)F)c2)C(=O)N(c2cc(Cl)c(F)c(Cl)c2)c2ncc(C(=O)NC3(C(=O)NC4(c5ccc(-c6ccn[nH]6)cn5)CC4)CC3)n21. The van der Waals surface area contributed by atoms with E-state index in [-0.39, 0.29) is 22.9 Å². The van der Waals surface area contributed by atoms with Crippen molar-refractivity contribution in [2.75, 3.05) is 4.90 Å². The number of amides is 3. The molecular formula is C36H28Cl2F4N8O4. The highest BCUT2D eigenvalue weighted by Gasteiger charge is 2.57. The van der Waals surface area contributed by atoms with E-state index in [0.29, 0.717) is 31.4 Å². The average Bonchev–Trinajstić information content (AvgIpc) is 3.93. The zero-order chi connectivity index (χ0) is 38.4. The number of aromatic nitrogens is 5. The van der Waals surface area contributed by atoms with Gasteiger partial charge in [0.1, 0.15) is 22.5 Å². The highest BCUT2D eigenvalue weighted by atomic mass is 35.5. The summed E-state index contributed by atoms with van der Waals surface area (Å²) in [7, 11) is 0. The molecular weight excluding hydrogens is 755 g/mol. The van der Waals surface area contributed by atoms with Crippen LogP contribution in [0.3, 0.4) is 0 Å². The van der Waals surface area contributed by atoms with Crippen molar-refractivity contribution in [2.24, 2.45) is 0 Å². The second-order valence-electron chi connectivity index (χ2n) is 13.9. The summed E-state index contributed by atoms with van der Waals surface area (Å²) in [6.45, 7) is 1.41. The molecule has 3 amide bonds. The van der Waals surface area contributed by atoms with Crippen LogP contribution in [0.25, 0.3) is 11.3 Å². The highest BCUT2D eigenvalue weighted by Crippen LogP contribution is 2.48. The Balaban J connectivity index is 1.10. The number of phenols is 1. The molecule has 18 heteroatoms. The number of imidazole rings is 1. The maximum absolute atomic E-state index is 14.4. The average molecular weight is 784 g/mol. The first-order chi connectivity index (χ1) is 25.5. The number of aromatic hydroxyl groups is 1. The predicted octanol–water partition coefficient (Wildman–Crippen LogP) is 6.54. The zero-order valence-corrected chi connectivity index (χ0v) is 29.6. The minimum atomic E-state index is -4.91. The third-order valence-electron chi connectivity index (χ3n) is 10.2. The smallest absolute Gasteiger partial charge is 0.419 e. The van der Waals surface area contributed by atoms with E-state index >= 15 is 0 Å². The van der Waals surface area contributed by atoms with Crippen molar-refractivity contribution < 1.29 is 37.1 Å². The molecule has 0 radical (unpaired) electrons. The lowest BCUT2D eigenvalue weighted by Crippen LogP contribution is -2.52. The number of fused-ring (bicyclic) bond motifs is 1. The van der Waals surface area contributed by atoms with E-state index in [9.17, 15) is 37.1 Å². The summed E-state index contributed by atoms with van der Waals surface area (Å²) in [6, 6.07) is 10.6. The van der Waals surface area contributed by atoms with E-state index in [1.165, 1.54) is 23.8 Å². The van der Waals surface area contributed by atoms with Gasteiger partial charge < -0.3 is 15.7 Å². The Bertz CT molecular complexity index is 2340. The van der Waals surface area contributed by atoms with Crippen LogP contribution in [-0.2, 0) is 33.3 Å².